The molecule has 2 rings (SSSR count). The van der Waals surface area contributed by atoms with Crippen LogP contribution in [0.15, 0.2) is 47.4 Å². The van der Waals surface area contributed by atoms with E-state index in [1.54, 1.807) is 30.3 Å². The molecule has 20 heavy (non-hydrogen) atoms. The van der Waals surface area contributed by atoms with Crippen molar-refractivity contribution in [2.75, 3.05) is 6.26 Å². The van der Waals surface area contributed by atoms with Gasteiger partial charge in [0.15, 0.2) is 15.7 Å². The van der Waals surface area contributed by atoms with Gasteiger partial charge in [0.25, 0.3) is 0 Å². The highest BCUT2D eigenvalue weighted by molar-refractivity contribution is 7.90. The topological polar surface area (TPSA) is 71.4 Å². The van der Waals surface area contributed by atoms with Gasteiger partial charge in [-0.3, -0.25) is 0 Å². The molecule has 0 amide bonds. The Morgan fingerprint density at radius 3 is 2.20 bits per heavy atom. The number of hydrogen-bond donors (Lipinski definition) is 1. The summed E-state index contributed by atoms with van der Waals surface area (Å²) in [6, 6.07) is 10.7. The smallest absolute Gasteiger partial charge is 0.339 e. The number of sulfone groups is 1. The third-order valence-corrected chi connectivity index (χ3v) is 3.92. The number of hydrogen-bond acceptors (Lipinski definition) is 3. The molecule has 0 saturated carbocycles. The van der Waals surface area contributed by atoms with Crippen molar-refractivity contribution in [1.29, 1.82) is 0 Å². The second-order valence-corrected chi connectivity index (χ2v) is 6.23. The van der Waals surface area contributed by atoms with Crippen LogP contribution in [0, 0.1) is 5.82 Å². The van der Waals surface area contributed by atoms with Crippen LogP contribution >= 0.6 is 0 Å². The summed E-state index contributed by atoms with van der Waals surface area (Å²) in [6.45, 7) is 0. The van der Waals surface area contributed by atoms with Gasteiger partial charge in [0.1, 0.15) is 10.5 Å². The van der Waals surface area contributed by atoms with E-state index in [0.717, 1.165) is 12.3 Å². The molecule has 0 aromatic heterocycles. The number of carboxylic acids is 1. The molecule has 2 aromatic rings. The van der Waals surface area contributed by atoms with Crippen molar-refractivity contribution in [2.45, 2.75) is 4.90 Å². The van der Waals surface area contributed by atoms with Crippen molar-refractivity contribution in [3.05, 3.63) is 53.8 Å². The van der Waals surface area contributed by atoms with Crippen molar-refractivity contribution in [1.82, 2.24) is 0 Å². The maximum Gasteiger partial charge on any atom is 0.339 e. The monoisotopic (exact) mass is 294 g/mol. The minimum absolute atomic E-state index is 0.142. The summed E-state index contributed by atoms with van der Waals surface area (Å²) in [5.74, 6) is -2.74. The molecular formula is C14H11FO4S. The van der Waals surface area contributed by atoms with E-state index in [4.69, 9.17) is 5.11 Å². The third kappa shape index (κ3) is 2.55. The summed E-state index contributed by atoms with van der Waals surface area (Å²) in [5, 5.41) is 9.16. The van der Waals surface area contributed by atoms with Gasteiger partial charge in [0.2, 0.25) is 0 Å². The second kappa shape index (κ2) is 5.05. The van der Waals surface area contributed by atoms with E-state index in [0.29, 0.717) is 5.56 Å². The van der Waals surface area contributed by atoms with Gasteiger partial charge in [-0.15, -0.1) is 0 Å². The van der Waals surface area contributed by atoms with E-state index in [-0.39, 0.29) is 5.56 Å². The summed E-state index contributed by atoms with van der Waals surface area (Å²) in [7, 11) is -3.83. The largest absolute Gasteiger partial charge is 0.478 e. The number of carbonyl (C=O) groups is 1. The van der Waals surface area contributed by atoms with E-state index in [1.165, 1.54) is 6.07 Å². The van der Waals surface area contributed by atoms with Crippen molar-refractivity contribution >= 4 is 15.8 Å². The molecule has 104 valence electrons. The summed E-state index contributed by atoms with van der Waals surface area (Å²) in [6.07, 6.45) is 0.833. The SMILES string of the molecule is CS(=O)(=O)c1ccc(-c2ccccc2)c(C(=O)O)c1F. The van der Waals surface area contributed by atoms with Crippen LogP contribution in [-0.4, -0.2) is 25.7 Å². The Kier molecular flexibility index (Phi) is 3.59. The lowest BCUT2D eigenvalue weighted by molar-refractivity contribution is 0.0692. The highest BCUT2D eigenvalue weighted by atomic mass is 32.2. The Morgan fingerprint density at radius 1 is 1.10 bits per heavy atom. The maximum absolute atomic E-state index is 14.2. The molecule has 0 aliphatic carbocycles. The Balaban J connectivity index is 2.80. The Morgan fingerprint density at radius 2 is 1.70 bits per heavy atom. The molecule has 0 bridgehead atoms. The zero-order chi connectivity index (χ0) is 14.9. The van der Waals surface area contributed by atoms with E-state index in [1.807, 2.05) is 0 Å². The van der Waals surface area contributed by atoms with Crippen molar-refractivity contribution in [3.63, 3.8) is 0 Å². The molecule has 0 heterocycles. The van der Waals surface area contributed by atoms with E-state index in [9.17, 15) is 17.6 Å². The minimum atomic E-state index is -3.83. The lowest BCUT2D eigenvalue weighted by atomic mass is 9.99. The van der Waals surface area contributed by atoms with Gasteiger partial charge >= 0.3 is 5.97 Å². The van der Waals surface area contributed by atoms with Crippen molar-refractivity contribution in [3.8, 4) is 11.1 Å². The molecular weight excluding hydrogens is 283 g/mol. The fourth-order valence-corrected chi connectivity index (χ4v) is 2.65. The van der Waals surface area contributed by atoms with E-state index < -0.39 is 32.1 Å². The summed E-state index contributed by atoms with van der Waals surface area (Å²) in [4.78, 5) is 10.6. The lowest BCUT2D eigenvalue weighted by Crippen LogP contribution is -2.09. The fourth-order valence-electron chi connectivity index (χ4n) is 1.91. The van der Waals surface area contributed by atoms with Crippen molar-refractivity contribution in [2.24, 2.45) is 0 Å². The van der Waals surface area contributed by atoms with Gasteiger partial charge in [-0.05, 0) is 17.2 Å². The molecule has 1 N–H and O–H groups in total. The molecule has 0 aliphatic heterocycles. The van der Waals surface area contributed by atoms with Crippen LogP contribution in [0.5, 0.6) is 0 Å². The van der Waals surface area contributed by atoms with Crippen LogP contribution in [0.25, 0.3) is 11.1 Å². The van der Waals surface area contributed by atoms with Gasteiger partial charge in [0.05, 0.1) is 0 Å². The van der Waals surface area contributed by atoms with Crippen LogP contribution in [0.3, 0.4) is 0 Å². The summed E-state index contributed by atoms with van der Waals surface area (Å²) in [5.41, 5.74) is 0.00553. The maximum atomic E-state index is 14.2. The van der Waals surface area contributed by atoms with Gasteiger partial charge < -0.3 is 5.11 Å². The summed E-state index contributed by atoms with van der Waals surface area (Å²) < 4.78 is 37.1. The summed E-state index contributed by atoms with van der Waals surface area (Å²) >= 11 is 0. The van der Waals surface area contributed by atoms with Crippen LogP contribution in [0.4, 0.5) is 4.39 Å². The highest BCUT2D eigenvalue weighted by Crippen LogP contribution is 2.29. The predicted octanol–water partition coefficient (Wildman–Crippen LogP) is 2.59. The standard InChI is InChI=1S/C14H11FO4S/c1-20(18,19)11-8-7-10(9-5-3-2-4-6-9)12(13(11)15)14(16)17/h2-8H,1H3,(H,16,17). The average Bonchev–Trinajstić information content (AvgIpc) is 2.37. The molecule has 6 heteroatoms. The van der Waals surface area contributed by atoms with Gasteiger partial charge in [-0.2, -0.15) is 0 Å². The number of halogens is 1. The van der Waals surface area contributed by atoms with E-state index >= 15 is 0 Å². The van der Waals surface area contributed by atoms with Crippen LogP contribution < -0.4 is 0 Å². The molecule has 0 radical (unpaired) electrons. The second-order valence-electron chi connectivity index (χ2n) is 4.24. The quantitative estimate of drug-likeness (QED) is 0.944. The zero-order valence-electron chi connectivity index (χ0n) is 10.5. The first-order chi connectivity index (χ1) is 9.32. The Labute approximate surface area is 115 Å². The molecule has 0 saturated heterocycles. The van der Waals surface area contributed by atoms with Crippen LogP contribution in [-0.2, 0) is 9.84 Å². The highest BCUT2D eigenvalue weighted by Gasteiger charge is 2.24. The Hall–Kier alpha value is -2.21. The minimum Gasteiger partial charge on any atom is -0.478 e. The molecule has 4 nitrogen and oxygen atoms in total. The Bertz CT molecular complexity index is 767. The number of carboxylic acid groups (broad SMARTS) is 1. The predicted molar refractivity (Wildman–Crippen MR) is 71.9 cm³/mol. The first-order valence-electron chi connectivity index (χ1n) is 5.63. The lowest BCUT2D eigenvalue weighted by Gasteiger charge is -2.10. The molecule has 0 fully saturated rings. The first-order valence-corrected chi connectivity index (χ1v) is 7.53. The molecule has 0 unspecified atom stereocenters. The molecule has 2 aromatic carbocycles. The zero-order valence-corrected chi connectivity index (χ0v) is 11.3. The average molecular weight is 294 g/mol. The third-order valence-electron chi connectivity index (χ3n) is 2.80. The van der Waals surface area contributed by atoms with Crippen molar-refractivity contribution < 1.29 is 22.7 Å². The normalized spacial score (nSPS) is 11.3. The van der Waals surface area contributed by atoms with Gasteiger partial charge in [-0.1, -0.05) is 36.4 Å². The number of rotatable bonds is 3. The molecule has 0 spiro atoms. The first kappa shape index (κ1) is 14.2. The molecule has 0 aliphatic rings. The number of aromatic carboxylic acids is 1. The molecule has 0 atom stereocenters. The van der Waals surface area contributed by atoms with Gasteiger partial charge in [0, 0.05) is 6.26 Å². The fraction of sp³-hybridized carbons (Fsp3) is 0.0714. The number of benzene rings is 2. The van der Waals surface area contributed by atoms with E-state index in [2.05, 4.69) is 0 Å². The van der Waals surface area contributed by atoms with Crippen LogP contribution in [0.1, 0.15) is 10.4 Å². The van der Waals surface area contributed by atoms with Crippen LogP contribution in [0.2, 0.25) is 0 Å². The van der Waals surface area contributed by atoms with Gasteiger partial charge in [-0.25, -0.2) is 17.6 Å².